The van der Waals surface area contributed by atoms with E-state index in [2.05, 4.69) is 47.7 Å². The van der Waals surface area contributed by atoms with Crippen LogP contribution in [0.4, 0.5) is 0 Å². The number of hydrogen-bond donors (Lipinski definition) is 7. The van der Waals surface area contributed by atoms with E-state index in [1.165, 1.54) is 89.5 Å². The summed E-state index contributed by atoms with van der Waals surface area (Å²) in [6.45, 7) is 3.16. The number of aliphatic hydroxyl groups excluding tert-OH is 5. The van der Waals surface area contributed by atoms with E-state index in [-0.39, 0.29) is 6.42 Å². The van der Waals surface area contributed by atoms with E-state index in [4.69, 9.17) is 14.0 Å². The van der Waals surface area contributed by atoms with E-state index in [9.17, 15) is 38.7 Å². The highest BCUT2D eigenvalue weighted by atomic mass is 32.3. The van der Waals surface area contributed by atoms with Crippen molar-refractivity contribution in [3.63, 3.8) is 0 Å². The first-order chi connectivity index (χ1) is 28.4. The maximum absolute atomic E-state index is 13.1. The normalized spacial score (nSPS) is 21.8. The van der Waals surface area contributed by atoms with Crippen molar-refractivity contribution in [3.05, 3.63) is 36.5 Å². The first-order valence-corrected chi connectivity index (χ1v) is 24.3. The minimum absolute atomic E-state index is 0.229. The van der Waals surface area contributed by atoms with Crippen molar-refractivity contribution in [1.29, 1.82) is 0 Å². The summed E-state index contributed by atoms with van der Waals surface area (Å²) in [5.41, 5.74) is 0. The fourth-order valence-corrected chi connectivity index (χ4v) is 7.57. The fourth-order valence-electron chi connectivity index (χ4n) is 7.06. The number of carbonyl (C=O) groups excluding carboxylic acids is 1. The van der Waals surface area contributed by atoms with Gasteiger partial charge in [-0.15, -0.1) is 0 Å². The van der Waals surface area contributed by atoms with Gasteiger partial charge in [0.15, 0.2) is 6.29 Å². The Morgan fingerprint density at radius 3 is 1.63 bits per heavy atom. The molecule has 0 aromatic heterocycles. The molecule has 0 aromatic carbocycles. The number of amides is 1. The molecule has 1 heterocycles. The van der Waals surface area contributed by atoms with Gasteiger partial charge in [-0.1, -0.05) is 159 Å². The Labute approximate surface area is 357 Å². The largest absolute Gasteiger partial charge is 0.397 e. The van der Waals surface area contributed by atoms with E-state index < -0.39 is 78.5 Å². The van der Waals surface area contributed by atoms with Gasteiger partial charge in [-0.2, -0.15) is 8.42 Å². The van der Waals surface area contributed by atoms with Gasteiger partial charge in [0.2, 0.25) is 5.91 Å². The van der Waals surface area contributed by atoms with Crippen molar-refractivity contribution in [2.75, 3.05) is 13.2 Å². The first kappa shape index (κ1) is 55.3. The molecule has 0 aliphatic carbocycles. The number of unbranched alkanes of at least 4 members (excludes halogenated alkanes) is 21. The number of allylic oxidation sites excluding steroid dienone is 5. The fraction of sp³-hybridized carbons (Fsp3) is 0.844. The highest BCUT2D eigenvalue weighted by Gasteiger charge is 2.48. The van der Waals surface area contributed by atoms with E-state index in [0.717, 1.165) is 64.2 Å². The first-order valence-electron chi connectivity index (χ1n) is 23.0. The van der Waals surface area contributed by atoms with E-state index in [0.29, 0.717) is 12.8 Å². The third kappa shape index (κ3) is 28.5. The van der Waals surface area contributed by atoms with Gasteiger partial charge in [-0.05, 0) is 57.8 Å². The predicted octanol–water partition coefficient (Wildman–Crippen LogP) is 7.69. The maximum atomic E-state index is 13.1. The van der Waals surface area contributed by atoms with Gasteiger partial charge in [-0.25, -0.2) is 4.18 Å². The molecule has 0 spiro atoms. The number of aliphatic hydroxyl groups is 5. The number of hydrogen-bond acceptors (Lipinski definition) is 11. The number of ether oxygens (including phenoxy) is 2. The molecule has 8 unspecified atom stereocenters. The number of nitrogens with one attached hydrogen (secondary N) is 1. The molecule has 0 saturated carbocycles. The molecule has 7 N–H and O–H groups in total. The van der Waals surface area contributed by atoms with Crippen LogP contribution < -0.4 is 5.32 Å². The quantitative estimate of drug-likeness (QED) is 0.0181. The highest BCUT2D eigenvalue weighted by Crippen LogP contribution is 2.26. The van der Waals surface area contributed by atoms with Gasteiger partial charge >= 0.3 is 10.4 Å². The molecule has 14 heteroatoms. The van der Waals surface area contributed by atoms with Crippen LogP contribution in [0.1, 0.15) is 181 Å². The van der Waals surface area contributed by atoms with Crippen molar-refractivity contribution in [1.82, 2.24) is 5.32 Å². The molecule has 1 aliphatic heterocycles. The zero-order valence-corrected chi connectivity index (χ0v) is 37.2. The zero-order valence-electron chi connectivity index (χ0n) is 36.4. The second kappa shape index (κ2) is 35.8. The van der Waals surface area contributed by atoms with Crippen molar-refractivity contribution in [3.8, 4) is 0 Å². The van der Waals surface area contributed by atoms with Crippen molar-refractivity contribution >= 4 is 16.3 Å². The summed E-state index contributed by atoms with van der Waals surface area (Å²) in [7, 11) is -5.12. The van der Waals surface area contributed by atoms with Crippen molar-refractivity contribution < 1.29 is 57.0 Å². The molecule has 1 amide bonds. The summed E-state index contributed by atoms with van der Waals surface area (Å²) >= 11 is 0. The Morgan fingerprint density at radius 1 is 0.678 bits per heavy atom. The highest BCUT2D eigenvalue weighted by molar-refractivity contribution is 7.80. The zero-order chi connectivity index (χ0) is 43.6. The summed E-state index contributed by atoms with van der Waals surface area (Å²) in [6.07, 6.45) is 29.6. The molecule has 13 nitrogen and oxygen atoms in total. The molecule has 8 atom stereocenters. The minimum Gasteiger partial charge on any atom is -0.394 e. The Kier molecular flexibility index (Phi) is 33.6. The van der Waals surface area contributed by atoms with Gasteiger partial charge < -0.3 is 40.3 Å². The SMILES string of the molecule is CCCCCCC/C=C/CC/C=C/C(O)C(COC1OC(CO)C(O)C(OS(=O)(=O)O)C1O)NC(=O)C(O)CCCCCCCC/C=C\CCCCCCCCCCC. The van der Waals surface area contributed by atoms with Gasteiger partial charge in [0.1, 0.15) is 30.5 Å². The second-order valence-corrected chi connectivity index (χ2v) is 17.2. The Hall–Kier alpha value is -1.72. The smallest absolute Gasteiger partial charge is 0.394 e. The average Bonchev–Trinajstić information content (AvgIpc) is 3.20. The van der Waals surface area contributed by atoms with E-state index in [1.54, 1.807) is 6.08 Å². The van der Waals surface area contributed by atoms with Crippen LogP contribution in [0.25, 0.3) is 0 Å². The van der Waals surface area contributed by atoms with Gasteiger partial charge in [0, 0.05) is 0 Å². The summed E-state index contributed by atoms with van der Waals surface area (Å²) in [5, 5.41) is 55.0. The van der Waals surface area contributed by atoms with Crippen LogP contribution in [0, 0.1) is 0 Å². The van der Waals surface area contributed by atoms with Crippen LogP contribution in [0.2, 0.25) is 0 Å². The minimum atomic E-state index is -5.12. The molecule has 0 radical (unpaired) electrons. The van der Waals surface area contributed by atoms with Crippen molar-refractivity contribution in [2.24, 2.45) is 0 Å². The van der Waals surface area contributed by atoms with E-state index in [1.807, 2.05) is 0 Å². The number of rotatable bonds is 38. The predicted molar refractivity (Wildman–Crippen MR) is 233 cm³/mol. The van der Waals surface area contributed by atoms with Crippen LogP contribution >= 0.6 is 0 Å². The second-order valence-electron chi connectivity index (χ2n) is 16.1. The van der Waals surface area contributed by atoms with Crippen LogP contribution in [0.15, 0.2) is 36.5 Å². The molecular formula is C45H83NO12S. The molecule has 59 heavy (non-hydrogen) atoms. The standard InChI is InChI=1S/C45H83NO12S/c1-3-5-7-9-11-13-15-16-17-18-19-20-21-22-24-26-28-30-32-34-39(49)44(52)46-37(38(48)33-31-29-27-25-23-14-12-10-8-6-4-2)36-56-45-42(51)43(58-59(53,54)55)41(50)40(35-47)57-45/h19-20,23,25,31,33,37-43,45,47-51H,3-18,21-22,24,26-30,32,34-36H2,1-2H3,(H,46,52)(H,53,54,55)/b20-19-,25-23+,33-31+. The average molecular weight is 862 g/mol. The molecule has 1 saturated heterocycles. The molecule has 0 bridgehead atoms. The van der Waals surface area contributed by atoms with Crippen molar-refractivity contribution in [2.45, 2.75) is 230 Å². The molecule has 0 aromatic rings. The Balaban J connectivity index is 2.56. The lowest BCUT2D eigenvalue weighted by Gasteiger charge is -2.41. The van der Waals surface area contributed by atoms with Gasteiger partial charge in [0.05, 0.1) is 25.4 Å². The summed E-state index contributed by atoms with van der Waals surface area (Å²) < 4.78 is 47.4. The molecule has 346 valence electrons. The van der Waals surface area contributed by atoms with Gasteiger partial charge in [-0.3, -0.25) is 9.35 Å². The monoisotopic (exact) mass is 862 g/mol. The number of carbonyl (C=O) groups is 1. The summed E-state index contributed by atoms with van der Waals surface area (Å²) in [5.74, 6) is -0.719. The van der Waals surface area contributed by atoms with Crippen LogP contribution in [-0.4, -0.2) is 107 Å². The summed E-state index contributed by atoms with van der Waals surface area (Å²) in [4.78, 5) is 13.1. The molecule has 1 aliphatic rings. The maximum Gasteiger partial charge on any atom is 0.397 e. The van der Waals surface area contributed by atoms with Crippen LogP contribution in [-0.2, 0) is 28.9 Å². The van der Waals surface area contributed by atoms with Crippen LogP contribution in [0.3, 0.4) is 0 Å². The third-order valence-corrected chi connectivity index (χ3v) is 11.2. The topological polar surface area (TPSA) is 212 Å². The Bertz CT molecular complexity index is 1220. The third-order valence-electron chi connectivity index (χ3n) is 10.8. The lowest BCUT2D eigenvalue weighted by Crippen LogP contribution is -2.61. The van der Waals surface area contributed by atoms with E-state index >= 15 is 0 Å². The molecular weight excluding hydrogens is 779 g/mol. The molecule has 1 fully saturated rings. The lowest BCUT2D eigenvalue weighted by atomic mass is 9.99. The Morgan fingerprint density at radius 2 is 1.14 bits per heavy atom. The molecule has 1 rings (SSSR count). The lowest BCUT2D eigenvalue weighted by molar-refractivity contribution is -0.298. The van der Waals surface area contributed by atoms with Gasteiger partial charge in [0.25, 0.3) is 0 Å². The summed E-state index contributed by atoms with van der Waals surface area (Å²) in [6, 6.07) is -1.14. The van der Waals surface area contributed by atoms with Crippen LogP contribution in [0.5, 0.6) is 0 Å².